The van der Waals surface area contributed by atoms with Gasteiger partial charge in [-0.15, -0.1) is 0 Å². The molecule has 0 radical (unpaired) electrons. The molecule has 0 fully saturated rings. The molecule has 3 rings (SSSR count). The standard InChI is InChI=1S/C26H25FO6.Na/c1-31-24(26(29)30)17-18-7-11-20(12-8-18)32-15-4-16-33-21-13-9-19(10-14-21)25(28)22-5-2-3-6-23(22)27;/h2-3,5-14,24H,4,15-17H2,1H3,(H,29,30);/q;+1/p-1/t24-;/m0./s1. The van der Waals surface area contributed by atoms with Crippen molar-refractivity contribution < 1.29 is 62.9 Å². The van der Waals surface area contributed by atoms with Crippen molar-refractivity contribution in [3.05, 3.63) is 95.3 Å². The van der Waals surface area contributed by atoms with E-state index in [0.29, 0.717) is 36.7 Å². The van der Waals surface area contributed by atoms with Crippen LogP contribution in [0.4, 0.5) is 4.39 Å². The molecular weight excluding hydrogens is 450 g/mol. The number of rotatable bonds is 12. The van der Waals surface area contributed by atoms with Gasteiger partial charge in [-0.1, -0.05) is 24.3 Å². The zero-order valence-electron chi connectivity index (χ0n) is 19.2. The number of carboxylic acids is 1. The molecule has 0 saturated carbocycles. The molecule has 0 amide bonds. The molecule has 1 atom stereocenters. The Hall–Kier alpha value is -2.71. The van der Waals surface area contributed by atoms with E-state index in [9.17, 15) is 19.1 Å². The van der Waals surface area contributed by atoms with Crippen LogP contribution in [-0.2, 0) is 16.0 Å². The van der Waals surface area contributed by atoms with E-state index in [1.54, 1.807) is 60.7 Å². The average molecular weight is 474 g/mol. The van der Waals surface area contributed by atoms with Gasteiger partial charge in [-0.3, -0.25) is 4.79 Å². The van der Waals surface area contributed by atoms with Crippen LogP contribution in [0.1, 0.15) is 27.9 Å². The van der Waals surface area contributed by atoms with Crippen LogP contribution in [0.25, 0.3) is 0 Å². The van der Waals surface area contributed by atoms with Gasteiger partial charge in [-0.2, -0.15) is 0 Å². The number of halogens is 1. The van der Waals surface area contributed by atoms with Crippen LogP contribution in [0.15, 0.2) is 72.8 Å². The van der Waals surface area contributed by atoms with Gasteiger partial charge < -0.3 is 24.1 Å². The molecule has 34 heavy (non-hydrogen) atoms. The monoisotopic (exact) mass is 474 g/mol. The maximum atomic E-state index is 13.8. The summed E-state index contributed by atoms with van der Waals surface area (Å²) in [6.07, 6.45) is -0.133. The van der Waals surface area contributed by atoms with Crippen molar-refractivity contribution >= 4 is 11.8 Å². The Balaban J connectivity index is 0.00000408. The molecule has 172 valence electrons. The minimum absolute atomic E-state index is 0. The number of aliphatic carboxylic acids is 1. The van der Waals surface area contributed by atoms with E-state index in [1.165, 1.54) is 19.2 Å². The van der Waals surface area contributed by atoms with E-state index in [1.807, 2.05) is 0 Å². The minimum Gasteiger partial charge on any atom is -0.547 e. The molecule has 0 bridgehead atoms. The summed E-state index contributed by atoms with van der Waals surface area (Å²) in [7, 11) is 1.33. The molecule has 8 heteroatoms. The number of carbonyl (C=O) groups is 2. The average Bonchev–Trinajstić information content (AvgIpc) is 2.83. The van der Waals surface area contributed by atoms with Crippen molar-refractivity contribution in [1.82, 2.24) is 0 Å². The van der Waals surface area contributed by atoms with Crippen LogP contribution in [0.3, 0.4) is 0 Å². The first-order valence-electron chi connectivity index (χ1n) is 10.5. The van der Waals surface area contributed by atoms with Crippen molar-refractivity contribution in [2.45, 2.75) is 18.9 Å². The van der Waals surface area contributed by atoms with Crippen LogP contribution >= 0.6 is 0 Å². The van der Waals surface area contributed by atoms with Crippen LogP contribution in [0, 0.1) is 5.82 Å². The second kappa shape index (κ2) is 13.9. The molecule has 0 aliphatic carbocycles. The SMILES string of the molecule is CO[C@@H](Cc1ccc(OCCCOc2ccc(C(=O)c3ccccc3F)cc2)cc1)C(=O)[O-].[Na+]. The van der Waals surface area contributed by atoms with Crippen LogP contribution in [0.5, 0.6) is 11.5 Å². The summed E-state index contributed by atoms with van der Waals surface area (Å²) in [6.45, 7) is 0.850. The van der Waals surface area contributed by atoms with Gasteiger partial charge in [-0.25, -0.2) is 4.39 Å². The molecule has 0 aliphatic rings. The topological polar surface area (TPSA) is 84.9 Å². The maximum Gasteiger partial charge on any atom is 1.00 e. The third-order valence-electron chi connectivity index (χ3n) is 4.95. The molecular formula is C26H24FNaO6. The Morgan fingerprint density at radius 1 is 0.882 bits per heavy atom. The zero-order chi connectivity index (χ0) is 23.6. The van der Waals surface area contributed by atoms with Crippen LogP contribution < -0.4 is 44.1 Å². The summed E-state index contributed by atoms with van der Waals surface area (Å²) in [5, 5.41) is 10.9. The number of benzene rings is 3. The predicted octanol–water partition coefficient (Wildman–Crippen LogP) is 0.216. The first-order chi connectivity index (χ1) is 16.0. The zero-order valence-corrected chi connectivity index (χ0v) is 21.2. The van der Waals surface area contributed by atoms with Crippen molar-refractivity contribution in [3.8, 4) is 11.5 Å². The normalized spacial score (nSPS) is 11.2. The first kappa shape index (κ1) is 27.5. The molecule has 0 heterocycles. The molecule has 0 saturated heterocycles. The van der Waals surface area contributed by atoms with Gasteiger partial charge in [0.25, 0.3) is 0 Å². The molecule has 3 aromatic rings. The van der Waals surface area contributed by atoms with E-state index in [0.717, 1.165) is 5.56 Å². The van der Waals surface area contributed by atoms with Crippen molar-refractivity contribution in [2.24, 2.45) is 0 Å². The second-order valence-corrected chi connectivity index (χ2v) is 7.28. The Kier molecular flexibility index (Phi) is 11.2. The summed E-state index contributed by atoms with van der Waals surface area (Å²) >= 11 is 0. The summed E-state index contributed by atoms with van der Waals surface area (Å²) in [5.74, 6) is -0.906. The number of hydrogen-bond acceptors (Lipinski definition) is 6. The van der Waals surface area contributed by atoms with E-state index >= 15 is 0 Å². The molecule has 0 aliphatic heterocycles. The first-order valence-corrected chi connectivity index (χ1v) is 10.5. The largest absolute Gasteiger partial charge is 1.00 e. The van der Waals surface area contributed by atoms with E-state index < -0.39 is 17.9 Å². The third-order valence-corrected chi connectivity index (χ3v) is 4.95. The number of carboxylic acid groups (broad SMARTS) is 1. The summed E-state index contributed by atoms with van der Waals surface area (Å²) < 4.78 is 30.0. The third kappa shape index (κ3) is 7.95. The fraction of sp³-hybridized carbons (Fsp3) is 0.231. The van der Waals surface area contributed by atoms with Gasteiger partial charge in [-0.05, 0) is 54.1 Å². The predicted molar refractivity (Wildman–Crippen MR) is 118 cm³/mol. The van der Waals surface area contributed by atoms with Gasteiger partial charge in [0.1, 0.15) is 23.4 Å². The van der Waals surface area contributed by atoms with Gasteiger partial charge in [0.2, 0.25) is 0 Å². The molecule has 3 aromatic carbocycles. The molecule has 6 nitrogen and oxygen atoms in total. The number of ketones is 1. The van der Waals surface area contributed by atoms with E-state index in [-0.39, 0.29) is 47.3 Å². The van der Waals surface area contributed by atoms with Crippen molar-refractivity contribution in [1.29, 1.82) is 0 Å². The van der Waals surface area contributed by atoms with Gasteiger partial charge in [0.15, 0.2) is 5.78 Å². The summed E-state index contributed by atoms with van der Waals surface area (Å²) in [6, 6.07) is 19.5. The Morgan fingerprint density at radius 3 is 1.97 bits per heavy atom. The number of carbonyl (C=O) groups excluding carboxylic acids is 2. The molecule has 0 aromatic heterocycles. The van der Waals surface area contributed by atoms with Crippen molar-refractivity contribution in [2.75, 3.05) is 20.3 Å². The number of ether oxygens (including phenoxy) is 3. The summed E-state index contributed by atoms with van der Waals surface area (Å²) in [4.78, 5) is 23.3. The van der Waals surface area contributed by atoms with Gasteiger partial charge >= 0.3 is 29.6 Å². The fourth-order valence-corrected chi connectivity index (χ4v) is 3.14. The second-order valence-electron chi connectivity index (χ2n) is 7.28. The van der Waals surface area contributed by atoms with Gasteiger partial charge in [0.05, 0.1) is 24.7 Å². The van der Waals surface area contributed by atoms with E-state index in [4.69, 9.17) is 14.2 Å². The smallest absolute Gasteiger partial charge is 0.547 e. The molecule has 0 spiro atoms. The van der Waals surface area contributed by atoms with E-state index in [2.05, 4.69) is 0 Å². The van der Waals surface area contributed by atoms with Crippen LogP contribution in [0.2, 0.25) is 0 Å². The minimum atomic E-state index is -1.25. The fourth-order valence-electron chi connectivity index (χ4n) is 3.14. The van der Waals surface area contributed by atoms with Crippen LogP contribution in [-0.4, -0.2) is 38.2 Å². The Labute approximate surface area is 220 Å². The molecule has 0 unspecified atom stereocenters. The van der Waals surface area contributed by atoms with Gasteiger partial charge in [0, 0.05) is 25.5 Å². The molecule has 0 N–H and O–H groups in total. The number of hydrogen-bond donors (Lipinski definition) is 0. The van der Waals surface area contributed by atoms with Crippen molar-refractivity contribution in [3.63, 3.8) is 0 Å². The summed E-state index contributed by atoms with van der Waals surface area (Å²) in [5.41, 5.74) is 1.23. The quantitative estimate of drug-likeness (QED) is 0.212. The number of methoxy groups -OCH3 is 1. The maximum absolute atomic E-state index is 13.8. The Morgan fingerprint density at radius 2 is 1.44 bits per heavy atom. The Bertz CT molecular complexity index is 1070.